The minimum absolute atomic E-state index is 0.125. The lowest BCUT2D eigenvalue weighted by Gasteiger charge is -2.31. The zero-order valence-corrected chi connectivity index (χ0v) is 12.3. The molecule has 0 aliphatic carbocycles. The molecule has 1 fully saturated rings. The van der Waals surface area contributed by atoms with Gasteiger partial charge in [0.15, 0.2) is 0 Å². The predicted molar refractivity (Wildman–Crippen MR) is 78.1 cm³/mol. The highest BCUT2D eigenvalue weighted by Crippen LogP contribution is 2.20. The molecule has 2 aromatic heterocycles. The van der Waals surface area contributed by atoms with Crippen LogP contribution in [0.3, 0.4) is 0 Å². The van der Waals surface area contributed by atoms with E-state index in [1.807, 2.05) is 17.0 Å². The van der Waals surface area contributed by atoms with Crippen molar-refractivity contribution >= 4 is 17.2 Å². The molecule has 3 rings (SSSR count). The number of nitrogens with zero attached hydrogens (tertiary/aromatic N) is 4. The average Bonchev–Trinajstić information content (AvgIpc) is 3.02. The van der Waals surface area contributed by atoms with Crippen molar-refractivity contribution in [3.63, 3.8) is 0 Å². The zero-order valence-electron chi connectivity index (χ0n) is 11.5. The summed E-state index contributed by atoms with van der Waals surface area (Å²) in [6.07, 6.45) is 5.65. The van der Waals surface area contributed by atoms with E-state index in [0.29, 0.717) is 11.6 Å². The molecule has 1 aliphatic heterocycles. The summed E-state index contributed by atoms with van der Waals surface area (Å²) in [5, 5.41) is 8.24. The highest BCUT2D eigenvalue weighted by Gasteiger charge is 2.24. The summed E-state index contributed by atoms with van der Waals surface area (Å²) in [6.45, 7) is 1.45. The molecule has 21 heavy (non-hydrogen) atoms. The summed E-state index contributed by atoms with van der Waals surface area (Å²) in [5.41, 5.74) is 2.61. The SMILES string of the molecule is O=C(Cc1cccnc1)N1CCC(Oc2nncs2)CC1. The van der Waals surface area contributed by atoms with Gasteiger partial charge >= 0.3 is 0 Å². The summed E-state index contributed by atoms with van der Waals surface area (Å²) in [5.74, 6) is 0.150. The van der Waals surface area contributed by atoms with Crippen LogP contribution in [-0.4, -0.2) is 45.2 Å². The third kappa shape index (κ3) is 3.75. The van der Waals surface area contributed by atoms with Gasteiger partial charge in [0, 0.05) is 38.3 Å². The second-order valence-electron chi connectivity index (χ2n) is 4.94. The zero-order chi connectivity index (χ0) is 14.5. The van der Waals surface area contributed by atoms with Crippen LogP contribution in [0.4, 0.5) is 0 Å². The Labute approximate surface area is 126 Å². The molecular weight excluding hydrogens is 288 g/mol. The first kappa shape index (κ1) is 13.9. The second kappa shape index (κ2) is 6.62. The Morgan fingerprint density at radius 2 is 2.29 bits per heavy atom. The van der Waals surface area contributed by atoms with E-state index in [0.717, 1.165) is 31.5 Å². The molecular formula is C14H16N4O2S. The van der Waals surface area contributed by atoms with Crippen molar-refractivity contribution in [3.8, 4) is 5.19 Å². The van der Waals surface area contributed by atoms with Crippen LogP contribution in [0, 0.1) is 0 Å². The first-order valence-electron chi connectivity index (χ1n) is 6.91. The summed E-state index contributed by atoms with van der Waals surface area (Å²) in [7, 11) is 0. The second-order valence-corrected chi connectivity index (χ2v) is 5.74. The number of likely N-dealkylation sites (tertiary alicyclic amines) is 1. The maximum absolute atomic E-state index is 12.2. The van der Waals surface area contributed by atoms with Gasteiger partial charge in [-0.3, -0.25) is 9.78 Å². The first-order chi connectivity index (χ1) is 10.3. The fourth-order valence-electron chi connectivity index (χ4n) is 2.37. The Hall–Kier alpha value is -2.02. The van der Waals surface area contributed by atoms with E-state index in [4.69, 9.17) is 4.74 Å². The lowest BCUT2D eigenvalue weighted by atomic mass is 10.1. The molecule has 0 saturated carbocycles. The van der Waals surface area contributed by atoms with Crippen molar-refractivity contribution in [1.82, 2.24) is 20.1 Å². The van der Waals surface area contributed by atoms with Gasteiger partial charge in [-0.2, -0.15) is 0 Å². The maximum Gasteiger partial charge on any atom is 0.294 e. The van der Waals surface area contributed by atoms with Gasteiger partial charge in [-0.25, -0.2) is 0 Å². The Bertz CT molecular complexity index is 568. The highest BCUT2D eigenvalue weighted by molar-refractivity contribution is 7.11. The molecule has 1 amide bonds. The molecule has 110 valence electrons. The van der Waals surface area contributed by atoms with Gasteiger partial charge < -0.3 is 9.64 Å². The molecule has 1 saturated heterocycles. The molecule has 6 nitrogen and oxygen atoms in total. The molecule has 2 aromatic rings. The number of carbonyl (C=O) groups excluding carboxylic acids is 1. The number of piperidine rings is 1. The van der Waals surface area contributed by atoms with Gasteiger partial charge in [-0.1, -0.05) is 17.4 Å². The Balaban J connectivity index is 1.48. The fraction of sp³-hybridized carbons (Fsp3) is 0.429. The van der Waals surface area contributed by atoms with Crippen LogP contribution in [0.15, 0.2) is 30.0 Å². The molecule has 0 bridgehead atoms. The molecule has 0 N–H and O–H groups in total. The van der Waals surface area contributed by atoms with Gasteiger partial charge in [-0.05, 0) is 11.6 Å². The summed E-state index contributed by atoms with van der Waals surface area (Å²) < 4.78 is 5.74. The van der Waals surface area contributed by atoms with E-state index in [2.05, 4.69) is 15.2 Å². The maximum atomic E-state index is 12.2. The molecule has 0 aromatic carbocycles. The first-order valence-corrected chi connectivity index (χ1v) is 7.79. The van der Waals surface area contributed by atoms with Crippen molar-refractivity contribution in [3.05, 3.63) is 35.6 Å². The van der Waals surface area contributed by atoms with E-state index >= 15 is 0 Å². The molecule has 0 spiro atoms. The normalized spacial score (nSPS) is 15.9. The Kier molecular flexibility index (Phi) is 4.40. The van der Waals surface area contributed by atoms with Crippen LogP contribution in [0.25, 0.3) is 0 Å². The predicted octanol–water partition coefficient (Wildman–Crippen LogP) is 1.55. The molecule has 0 radical (unpaired) electrons. The highest BCUT2D eigenvalue weighted by atomic mass is 32.1. The molecule has 3 heterocycles. The number of amides is 1. The summed E-state index contributed by atoms with van der Waals surface area (Å²) in [6, 6.07) is 3.78. The monoisotopic (exact) mass is 304 g/mol. The van der Waals surface area contributed by atoms with Crippen molar-refractivity contribution < 1.29 is 9.53 Å². The molecule has 0 unspecified atom stereocenters. The Morgan fingerprint density at radius 3 is 2.95 bits per heavy atom. The number of hydrogen-bond acceptors (Lipinski definition) is 6. The van der Waals surface area contributed by atoms with Crippen LogP contribution in [-0.2, 0) is 11.2 Å². The molecule has 1 aliphatic rings. The quantitative estimate of drug-likeness (QED) is 0.857. The number of pyridine rings is 1. The van der Waals surface area contributed by atoms with Gasteiger partial charge in [0.2, 0.25) is 5.91 Å². The van der Waals surface area contributed by atoms with Crippen molar-refractivity contribution in [2.24, 2.45) is 0 Å². The average molecular weight is 304 g/mol. The van der Waals surface area contributed by atoms with Crippen molar-refractivity contribution in [2.45, 2.75) is 25.4 Å². The van der Waals surface area contributed by atoms with E-state index in [1.54, 1.807) is 17.9 Å². The number of carbonyl (C=O) groups is 1. The minimum Gasteiger partial charge on any atom is -0.465 e. The van der Waals surface area contributed by atoms with E-state index in [1.165, 1.54) is 11.3 Å². The largest absolute Gasteiger partial charge is 0.465 e. The summed E-state index contributed by atoms with van der Waals surface area (Å²) >= 11 is 1.39. The van der Waals surface area contributed by atoms with Gasteiger partial charge in [0.25, 0.3) is 5.19 Å². The van der Waals surface area contributed by atoms with Crippen LogP contribution in [0.1, 0.15) is 18.4 Å². The van der Waals surface area contributed by atoms with E-state index in [9.17, 15) is 4.79 Å². The van der Waals surface area contributed by atoms with E-state index < -0.39 is 0 Å². The van der Waals surface area contributed by atoms with Gasteiger partial charge in [0.1, 0.15) is 11.6 Å². The number of hydrogen-bond donors (Lipinski definition) is 0. The lowest BCUT2D eigenvalue weighted by molar-refractivity contribution is -0.132. The Morgan fingerprint density at radius 1 is 1.43 bits per heavy atom. The lowest BCUT2D eigenvalue weighted by Crippen LogP contribution is -2.42. The number of rotatable bonds is 4. The van der Waals surface area contributed by atoms with E-state index in [-0.39, 0.29) is 12.0 Å². The van der Waals surface area contributed by atoms with Crippen LogP contribution >= 0.6 is 11.3 Å². The van der Waals surface area contributed by atoms with Crippen LogP contribution < -0.4 is 4.74 Å². The van der Waals surface area contributed by atoms with Gasteiger partial charge in [0.05, 0.1) is 6.42 Å². The van der Waals surface area contributed by atoms with Crippen molar-refractivity contribution in [2.75, 3.05) is 13.1 Å². The summed E-state index contributed by atoms with van der Waals surface area (Å²) in [4.78, 5) is 18.2. The number of aromatic nitrogens is 3. The van der Waals surface area contributed by atoms with Crippen LogP contribution in [0.5, 0.6) is 5.19 Å². The van der Waals surface area contributed by atoms with Crippen molar-refractivity contribution in [1.29, 1.82) is 0 Å². The topological polar surface area (TPSA) is 68.2 Å². The number of ether oxygens (including phenoxy) is 1. The van der Waals surface area contributed by atoms with Gasteiger partial charge in [-0.15, -0.1) is 10.2 Å². The third-order valence-electron chi connectivity index (χ3n) is 3.48. The van der Waals surface area contributed by atoms with Crippen LogP contribution in [0.2, 0.25) is 0 Å². The smallest absolute Gasteiger partial charge is 0.294 e. The fourth-order valence-corrected chi connectivity index (χ4v) is 2.84. The standard InChI is InChI=1S/C14H16N4O2S/c19-13(8-11-2-1-5-15-9-11)18-6-3-12(4-7-18)20-14-17-16-10-21-14/h1-2,5,9-10,12H,3-4,6-8H2. The molecule has 7 heteroatoms. The minimum atomic E-state index is 0.125. The third-order valence-corrected chi connectivity index (χ3v) is 4.06. The molecule has 0 atom stereocenters.